The third-order valence-corrected chi connectivity index (χ3v) is 5.24. The molecule has 0 unspecified atom stereocenters. The van der Waals surface area contributed by atoms with E-state index in [0.29, 0.717) is 28.0 Å². The number of halogens is 1. The van der Waals surface area contributed by atoms with E-state index >= 15 is 0 Å². The Morgan fingerprint density at radius 1 is 1.06 bits per heavy atom. The van der Waals surface area contributed by atoms with E-state index in [1.165, 1.54) is 6.08 Å². The Morgan fingerprint density at radius 3 is 2.45 bits per heavy atom. The first-order valence-electron chi connectivity index (χ1n) is 10.2. The highest BCUT2D eigenvalue weighted by Crippen LogP contribution is 2.27. The SMILES string of the molecule is Cc1ccc(NC(=O)COc2ccc(/C=C(\C#N)C(=O)NCc3ccccc3)cc2Br)cc1. The van der Waals surface area contributed by atoms with Crippen LogP contribution in [0.25, 0.3) is 6.08 Å². The van der Waals surface area contributed by atoms with Crippen LogP contribution in [0.3, 0.4) is 0 Å². The predicted octanol–water partition coefficient (Wildman–Crippen LogP) is 5.00. The molecule has 33 heavy (non-hydrogen) atoms. The molecule has 0 atom stereocenters. The molecule has 0 heterocycles. The number of carbonyl (C=O) groups excluding carboxylic acids is 2. The van der Waals surface area contributed by atoms with Crippen molar-refractivity contribution in [1.82, 2.24) is 5.32 Å². The van der Waals surface area contributed by atoms with Crippen molar-refractivity contribution in [2.24, 2.45) is 0 Å². The molecule has 166 valence electrons. The van der Waals surface area contributed by atoms with Gasteiger partial charge in [0.2, 0.25) is 0 Å². The molecule has 0 aromatic heterocycles. The van der Waals surface area contributed by atoms with Crippen molar-refractivity contribution in [3.8, 4) is 11.8 Å². The number of carbonyl (C=O) groups is 2. The lowest BCUT2D eigenvalue weighted by molar-refractivity contribution is -0.118. The van der Waals surface area contributed by atoms with Gasteiger partial charge in [0, 0.05) is 12.2 Å². The molecule has 7 heteroatoms. The maximum Gasteiger partial charge on any atom is 0.262 e. The predicted molar refractivity (Wildman–Crippen MR) is 131 cm³/mol. The second-order valence-corrected chi connectivity index (χ2v) is 8.09. The molecule has 0 saturated carbocycles. The van der Waals surface area contributed by atoms with Crippen molar-refractivity contribution >= 4 is 39.5 Å². The standard InChI is InChI=1S/C26H22BrN3O3/c1-18-7-10-22(11-8-18)30-25(31)17-33-24-12-9-20(14-23(24)27)13-21(15-28)26(32)29-16-19-5-3-2-4-6-19/h2-14H,16-17H2,1H3,(H,29,32)(H,30,31)/b21-13+. The highest BCUT2D eigenvalue weighted by molar-refractivity contribution is 9.10. The molecular formula is C26H22BrN3O3. The third-order valence-electron chi connectivity index (χ3n) is 4.62. The minimum atomic E-state index is -0.453. The first-order chi connectivity index (χ1) is 15.9. The summed E-state index contributed by atoms with van der Waals surface area (Å²) in [5.74, 6) is -0.264. The maximum absolute atomic E-state index is 12.4. The lowest BCUT2D eigenvalue weighted by Crippen LogP contribution is -2.23. The summed E-state index contributed by atoms with van der Waals surface area (Å²) >= 11 is 3.41. The van der Waals surface area contributed by atoms with Crippen LogP contribution >= 0.6 is 15.9 Å². The molecule has 0 bridgehead atoms. The van der Waals surface area contributed by atoms with Gasteiger partial charge >= 0.3 is 0 Å². The van der Waals surface area contributed by atoms with Gasteiger partial charge in [-0.2, -0.15) is 5.26 Å². The number of benzene rings is 3. The quantitative estimate of drug-likeness (QED) is 0.334. The van der Waals surface area contributed by atoms with Crippen molar-refractivity contribution in [2.45, 2.75) is 13.5 Å². The zero-order chi connectivity index (χ0) is 23.6. The van der Waals surface area contributed by atoms with Crippen LogP contribution in [0.1, 0.15) is 16.7 Å². The lowest BCUT2D eigenvalue weighted by atomic mass is 10.1. The van der Waals surface area contributed by atoms with Crippen molar-refractivity contribution < 1.29 is 14.3 Å². The molecule has 0 aliphatic rings. The van der Waals surface area contributed by atoms with Gasteiger partial charge < -0.3 is 15.4 Å². The molecule has 2 N–H and O–H groups in total. The highest BCUT2D eigenvalue weighted by Gasteiger charge is 2.11. The molecule has 0 aliphatic carbocycles. The van der Waals surface area contributed by atoms with E-state index in [4.69, 9.17) is 4.74 Å². The Kier molecular flexibility index (Phi) is 8.39. The van der Waals surface area contributed by atoms with E-state index < -0.39 is 5.91 Å². The summed E-state index contributed by atoms with van der Waals surface area (Å²) in [6.45, 7) is 2.15. The van der Waals surface area contributed by atoms with Crippen LogP contribution in [0.4, 0.5) is 5.69 Å². The molecule has 3 aromatic rings. The van der Waals surface area contributed by atoms with Crippen LogP contribution in [-0.2, 0) is 16.1 Å². The van der Waals surface area contributed by atoms with E-state index in [1.54, 1.807) is 18.2 Å². The zero-order valence-corrected chi connectivity index (χ0v) is 19.6. The molecule has 0 fully saturated rings. The Bertz CT molecular complexity index is 1200. The van der Waals surface area contributed by atoms with Crippen molar-refractivity contribution in [3.63, 3.8) is 0 Å². The van der Waals surface area contributed by atoms with Crippen LogP contribution in [-0.4, -0.2) is 18.4 Å². The summed E-state index contributed by atoms with van der Waals surface area (Å²) in [6.07, 6.45) is 1.50. The molecule has 3 aromatic carbocycles. The van der Waals surface area contributed by atoms with Crippen molar-refractivity contribution in [3.05, 3.63) is 99.5 Å². The Labute approximate surface area is 201 Å². The van der Waals surface area contributed by atoms with E-state index in [-0.39, 0.29) is 18.1 Å². The maximum atomic E-state index is 12.4. The summed E-state index contributed by atoms with van der Waals surface area (Å²) < 4.78 is 6.19. The van der Waals surface area contributed by atoms with Crippen LogP contribution < -0.4 is 15.4 Å². The molecule has 0 aliphatic heterocycles. The van der Waals surface area contributed by atoms with Gasteiger partial charge in [-0.1, -0.05) is 54.1 Å². The topological polar surface area (TPSA) is 91.2 Å². The number of nitrogens with zero attached hydrogens (tertiary/aromatic N) is 1. The van der Waals surface area contributed by atoms with Crippen LogP contribution in [0.2, 0.25) is 0 Å². The number of rotatable bonds is 8. The van der Waals surface area contributed by atoms with E-state index in [9.17, 15) is 14.9 Å². The van der Waals surface area contributed by atoms with Gasteiger partial charge in [-0.25, -0.2) is 0 Å². The Morgan fingerprint density at radius 2 is 1.79 bits per heavy atom. The normalized spacial score (nSPS) is 10.8. The number of nitrogens with one attached hydrogen (secondary N) is 2. The largest absolute Gasteiger partial charge is 0.483 e. The van der Waals surface area contributed by atoms with Gasteiger partial charge in [0.05, 0.1) is 4.47 Å². The van der Waals surface area contributed by atoms with Crippen LogP contribution in [0, 0.1) is 18.3 Å². The molecule has 2 amide bonds. The van der Waals surface area contributed by atoms with Crippen LogP contribution in [0.5, 0.6) is 5.75 Å². The summed E-state index contributed by atoms with van der Waals surface area (Å²) in [7, 11) is 0. The Hall–Kier alpha value is -3.89. The first kappa shape index (κ1) is 23.8. The number of aryl methyl sites for hydroxylation is 1. The van der Waals surface area contributed by atoms with Gasteiger partial charge in [0.15, 0.2) is 6.61 Å². The van der Waals surface area contributed by atoms with Crippen molar-refractivity contribution in [2.75, 3.05) is 11.9 Å². The average molecular weight is 504 g/mol. The summed E-state index contributed by atoms with van der Waals surface area (Å²) in [5, 5.41) is 14.9. The van der Waals surface area contributed by atoms with Gasteiger partial charge in [-0.3, -0.25) is 9.59 Å². The van der Waals surface area contributed by atoms with Gasteiger partial charge in [0.25, 0.3) is 11.8 Å². The fraction of sp³-hybridized carbons (Fsp3) is 0.115. The molecule has 0 radical (unpaired) electrons. The lowest BCUT2D eigenvalue weighted by Gasteiger charge is -2.10. The minimum absolute atomic E-state index is 0.0102. The summed E-state index contributed by atoms with van der Waals surface area (Å²) in [5.41, 5.74) is 3.38. The zero-order valence-electron chi connectivity index (χ0n) is 18.0. The summed E-state index contributed by atoms with van der Waals surface area (Å²) in [6, 6.07) is 24.0. The number of anilines is 1. The fourth-order valence-corrected chi connectivity index (χ4v) is 3.40. The second kappa shape index (κ2) is 11.7. The monoisotopic (exact) mass is 503 g/mol. The van der Waals surface area contributed by atoms with Gasteiger partial charge in [0.1, 0.15) is 17.4 Å². The minimum Gasteiger partial charge on any atom is -0.483 e. The highest BCUT2D eigenvalue weighted by atomic mass is 79.9. The van der Waals surface area contributed by atoms with Gasteiger partial charge in [-0.15, -0.1) is 0 Å². The van der Waals surface area contributed by atoms with Crippen molar-refractivity contribution in [1.29, 1.82) is 5.26 Å². The smallest absolute Gasteiger partial charge is 0.262 e. The molecule has 6 nitrogen and oxygen atoms in total. The second-order valence-electron chi connectivity index (χ2n) is 7.23. The molecular weight excluding hydrogens is 482 g/mol. The number of amides is 2. The number of hydrogen-bond donors (Lipinski definition) is 2. The Balaban J connectivity index is 1.58. The first-order valence-corrected chi connectivity index (χ1v) is 11.0. The third kappa shape index (κ3) is 7.34. The fourth-order valence-electron chi connectivity index (χ4n) is 2.89. The average Bonchev–Trinajstić information content (AvgIpc) is 2.82. The molecule has 0 saturated heterocycles. The van der Waals surface area contributed by atoms with E-state index in [2.05, 4.69) is 26.6 Å². The molecule has 0 spiro atoms. The number of hydrogen-bond acceptors (Lipinski definition) is 4. The number of ether oxygens (including phenoxy) is 1. The number of nitriles is 1. The van der Waals surface area contributed by atoms with Gasteiger partial charge in [-0.05, 0) is 64.3 Å². The van der Waals surface area contributed by atoms with Crippen LogP contribution in [0.15, 0.2) is 82.8 Å². The van der Waals surface area contributed by atoms with E-state index in [1.807, 2.05) is 67.6 Å². The molecule has 3 rings (SSSR count). The summed E-state index contributed by atoms with van der Waals surface area (Å²) in [4.78, 5) is 24.5. The van der Waals surface area contributed by atoms with E-state index in [0.717, 1.165) is 11.1 Å².